The molecular weight excluding hydrogens is 262 g/mol. The zero-order valence-corrected chi connectivity index (χ0v) is 12.8. The Morgan fingerprint density at radius 2 is 1.48 bits per heavy atom. The highest BCUT2D eigenvalue weighted by atomic mass is 16.5. The first-order valence-corrected chi connectivity index (χ1v) is 6.93. The summed E-state index contributed by atoms with van der Waals surface area (Å²) in [4.78, 5) is 0. The van der Waals surface area contributed by atoms with E-state index in [0.29, 0.717) is 0 Å². The van der Waals surface area contributed by atoms with Crippen LogP contribution in [0.4, 0.5) is 0 Å². The van der Waals surface area contributed by atoms with E-state index in [9.17, 15) is 0 Å². The standard InChI is InChI=1S/C18H19NO2/c1-12-18(13-5-7-14(20-3)8-6-13)16-11-15(21-4)9-10-17(16)19(12)2/h5-11H,1-4H3. The molecule has 0 atom stereocenters. The topological polar surface area (TPSA) is 23.4 Å². The minimum absolute atomic E-state index is 0.870. The number of benzene rings is 2. The fraction of sp³-hybridized carbons (Fsp3) is 0.222. The molecule has 3 rings (SSSR count). The zero-order valence-electron chi connectivity index (χ0n) is 12.8. The Hall–Kier alpha value is -2.42. The lowest BCUT2D eigenvalue weighted by atomic mass is 10.0. The van der Waals surface area contributed by atoms with Gasteiger partial charge in [-0.25, -0.2) is 0 Å². The minimum atomic E-state index is 0.870. The fourth-order valence-corrected chi connectivity index (χ4v) is 2.80. The van der Waals surface area contributed by atoms with E-state index in [1.165, 1.54) is 27.7 Å². The van der Waals surface area contributed by atoms with Crippen molar-refractivity contribution in [3.8, 4) is 22.6 Å². The molecule has 0 fully saturated rings. The lowest BCUT2D eigenvalue weighted by Gasteiger charge is -2.05. The second-order valence-corrected chi connectivity index (χ2v) is 5.13. The summed E-state index contributed by atoms with van der Waals surface area (Å²) < 4.78 is 12.8. The van der Waals surface area contributed by atoms with Crippen LogP contribution in [0.2, 0.25) is 0 Å². The van der Waals surface area contributed by atoms with E-state index >= 15 is 0 Å². The first kappa shape index (κ1) is 13.6. The van der Waals surface area contributed by atoms with Gasteiger partial charge >= 0.3 is 0 Å². The van der Waals surface area contributed by atoms with Crippen molar-refractivity contribution in [2.24, 2.45) is 7.05 Å². The molecule has 0 saturated heterocycles. The quantitative estimate of drug-likeness (QED) is 0.719. The van der Waals surface area contributed by atoms with Crippen LogP contribution in [0.3, 0.4) is 0 Å². The van der Waals surface area contributed by atoms with Crippen LogP contribution in [0.1, 0.15) is 5.69 Å². The van der Waals surface area contributed by atoms with Crippen LogP contribution in [-0.4, -0.2) is 18.8 Å². The Morgan fingerprint density at radius 3 is 2.10 bits per heavy atom. The first-order chi connectivity index (χ1) is 10.2. The van der Waals surface area contributed by atoms with Crippen LogP contribution < -0.4 is 9.47 Å². The van der Waals surface area contributed by atoms with Crippen molar-refractivity contribution in [1.82, 2.24) is 4.57 Å². The molecule has 3 aromatic rings. The van der Waals surface area contributed by atoms with Gasteiger partial charge in [0.1, 0.15) is 11.5 Å². The van der Waals surface area contributed by atoms with Gasteiger partial charge in [-0.15, -0.1) is 0 Å². The Bertz CT molecular complexity index is 785. The summed E-state index contributed by atoms with van der Waals surface area (Å²) >= 11 is 0. The largest absolute Gasteiger partial charge is 0.497 e. The maximum absolute atomic E-state index is 5.37. The smallest absolute Gasteiger partial charge is 0.119 e. The molecule has 0 radical (unpaired) electrons. The summed E-state index contributed by atoms with van der Waals surface area (Å²) in [5, 5.41) is 1.21. The number of methoxy groups -OCH3 is 2. The second kappa shape index (κ2) is 5.17. The second-order valence-electron chi connectivity index (χ2n) is 5.13. The number of nitrogens with zero attached hydrogens (tertiary/aromatic N) is 1. The number of aryl methyl sites for hydroxylation is 1. The van der Waals surface area contributed by atoms with Crippen LogP contribution >= 0.6 is 0 Å². The van der Waals surface area contributed by atoms with E-state index in [2.05, 4.69) is 42.8 Å². The van der Waals surface area contributed by atoms with Crippen molar-refractivity contribution in [3.05, 3.63) is 48.2 Å². The number of hydrogen-bond acceptors (Lipinski definition) is 2. The molecule has 3 nitrogen and oxygen atoms in total. The summed E-state index contributed by atoms with van der Waals surface area (Å²) in [5.74, 6) is 1.75. The summed E-state index contributed by atoms with van der Waals surface area (Å²) in [5.41, 5.74) is 4.88. The van der Waals surface area contributed by atoms with Gasteiger partial charge in [0.25, 0.3) is 0 Å². The average molecular weight is 281 g/mol. The third-order valence-electron chi connectivity index (χ3n) is 4.08. The van der Waals surface area contributed by atoms with Crippen LogP contribution in [0.5, 0.6) is 11.5 Å². The van der Waals surface area contributed by atoms with Gasteiger partial charge < -0.3 is 14.0 Å². The van der Waals surface area contributed by atoms with E-state index in [-0.39, 0.29) is 0 Å². The van der Waals surface area contributed by atoms with Gasteiger partial charge in [0.05, 0.1) is 14.2 Å². The van der Waals surface area contributed by atoms with Crippen LogP contribution in [0.15, 0.2) is 42.5 Å². The molecule has 3 heteroatoms. The molecular formula is C18H19NO2. The van der Waals surface area contributed by atoms with Crippen molar-refractivity contribution in [1.29, 1.82) is 0 Å². The Labute approximate surface area is 124 Å². The van der Waals surface area contributed by atoms with E-state index in [0.717, 1.165) is 11.5 Å². The van der Waals surface area contributed by atoms with Gasteiger partial charge in [-0.2, -0.15) is 0 Å². The molecule has 21 heavy (non-hydrogen) atoms. The van der Waals surface area contributed by atoms with Gasteiger partial charge in [0, 0.05) is 29.2 Å². The van der Waals surface area contributed by atoms with Gasteiger partial charge in [0.2, 0.25) is 0 Å². The summed E-state index contributed by atoms with van der Waals surface area (Å²) in [6.07, 6.45) is 0. The Morgan fingerprint density at radius 1 is 0.857 bits per heavy atom. The summed E-state index contributed by atoms with van der Waals surface area (Å²) in [6, 6.07) is 14.4. The third-order valence-corrected chi connectivity index (χ3v) is 4.08. The van der Waals surface area contributed by atoms with Crippen molar-refractivity contribution in [2.45, 2.75) is 6.92 Å². The van der Waals surface area contributed by atoms with Crippen molar-refractivity contribution in [2.75, 3.05) is 14.2 Å². The number of ether oxygens (including phenoxy) is 2. The predicted octanol–water partition coefficient (Wildman–Crippen LogP) is 4.17. The molecule has 0 bridgehead atoms. The molecule has 0 aliphatic rings. The highest BCUT2D eigenvalue weighted by molar-refractivity contribution is 5.98. The predicted molar refractivity (Wildman–Crippen MR) is 86.2 cm³/mol. The van der Waals surface area contributed by atoms with E-state index in [1.54, 1.807) is 14.2 Å². The molecule has 1 aromatic heterocycles. The van der Waals surface area contributed by atoms with Crippen molar-refractivity contribution >= 4 is 10.9 Å². The van der Waals surface area contributed by atoms with Crippen LogP contribution in [0, 0.1) is 6.92 Å². The molecule has 0 amide bonds. The monoisotopic (exact) mass is 281 g/mol. The Balaban J connectivity index is 2.26. The van der Waals surface area contributed by atoms with Crippen molar-refractivity contribution < 1.29 is 9.47 Å². The molecule has 2 aromatic carbocycles. The molecule has 1 heterocycles. The molecule has 0 saturated carbocycles. The maximum Gasteiger partial charge on any atom is 0.119 e. The first-order valence-electron chi connectivity index (χ1n) is 6.93. The molecule has 0 aliphatic heterocycles. The maximum atomic E-state index is 5.37. The highest BCUT2D eigenvalue weighted by Crippen LogP contribution is 2.36. The fourth-order valence-electron chi connectivity index (χ4n) is 2.80. The van der Waals surface area contributed by atoms with Gasteiger partial charge in [-0.3, -0.25) is 0 Å². The van der Waals surface area contributed by atoms with Crippen LogP contribution in [0.25, 0.3) is 22.0 Å². The van der Waals surface area contributed by atoms with E-state index in [1.807, 2.05) is 18.2 Å². The third kappa shape index (κ3) is 2.15. The SMILES string of the molecule is COc1ccc(-c2c(C)n(C)c3ccc(OC)cc23)cc1. The van der Waals surface area contributed by atoms with Gasteiger partial charge in [-0.1, -0.05) is 12.1 Å². The molecule has 108 valence electrons. The van der Waals surface area contributed by atoms with Gasteiger partial charge in [-0.05, 0) is 42.8 Å². The van der Waals surface area contributed by atoms with Gasteiger partial charge in [0.15, 0.2) is 0 Å². The minimum Gasteiger partial charge on any atom is -0.497 e. The normalized spacial score (nSPS) is 10.9. The Kier molecular flexibility index (Phi) is 3.34. The highest BCUT2D eigenvalue weighted by Gasteiger charge is 2.14. The van der Waals surface area contributed by atoms with Crippen LogP contribution in [-0.2, 0) is 7.05 Å². The lowest BCUT2D eigenvalue weighted by Crippen LogP contribution is -1.90. The zero-order chi connectivity index (χ0) is 15.0. The summed E-state index contributed by atoms with van der Waals surface area (Å²) in [7, 11) is 5.48. The van der Waals surface area contributed by atoms with E-state index < -0.39 is 0 Å². The molecule has 0 N–H and O–H groups in total. The molecule has 0 aliphatic carbocycles. The number of fused-ring (bicyclic) bond motifs is 1. The average Bonchev–Trinajstić information content (AvgIpc) is 2.78. The van der Waals surface area contributed by atoms with Crippen molar-refractivity contribution in [3.63, 3.8) is 0 Å². The molecule has 0 unspecified atom stereocenters. The van der Waals surface area contributed by atoms with E-state index in [4.69, 9.17) is 9.47 Å². The number of rotatable bonds is 3. The summed E-state index contributed by atoms with van der Waals surface area (Å²) in [6.45, 7) is 2.14. The lowest BCUT2D eigenvalue weighted by molar-refractivity contribution is 0.415. The molecule has 0 spiro atoms. The number of aromatic nitrogens is 1. The number of hydrogen-bond donors (Lipinski definition) is 0.